The molecule has 0 saturated heterocycles. The third-order valence-corrected chi connectivity index (χ3v) is 8.07. The van der Waals surface area contributed by atoms with Gasteiger partial charge in [-0.15, -0.1) is 0 Å². The van der Waals surface area contributed by atoms with Gasteiger partial charge in [-0.25, -0.2) is 0 Å². The Balaban J connectivity index is 0.000000216. The third-order valence-electron chi connectivity index (χ3n) is 8.07. The normalized spacial score (nSPS) is 11.2. The second kappa shape index (κ2) is 14.9. The summed E-state index contributed by atoms with van der Waals surface area (Å²) in [5, 5.41) is 44.2. The summed E-state index contributed by atoms with van der Waals surface area (Å²) >= 11 is 0. The average molecular weight is 702 g/mol. The van der Waals surface area contributed by atoms with Crippen LogP contribution >= 0.6 is 0 Å². The molecular weight excluding hydrogens is 659 g/mol. The molecule has 255 valence electrons. The van der Waals surface area contributed by atoms with Gasteiger partial charge in [0, 0.05) is 10.8 Å². The van der Waals surface area contributed by atoms with Gasteiger partial charge in [0.25, 0.3) is 0 Å². The summed E-state index contributed by atoms with van der Waals surface area (Å²) < 4.78 is 0. The van der Waals surface area contributed by atoms with E-state index in [0.717, 1.165) is 32.7 Å². The minimum atomic E-state index is -0.0421. The molecule has 6 aromatic rings. The van der Waals surface area contributed by atoms with E-state index in [2.05, 4.69) is 63.2 Å². The standard InChI is InChI=1S/2C20H21N2O2.Co/c2*1-20(2,3)14-9-11-17(23)16(12-14)21-22-19-15-7-5-4-6-13(15)8-10-18(19)24;/h2*4-12,22-24H,1-3H3;/q2*-1;+2. The average Bonchev–Trinajstić information content (AvgIpc) is 3.04. The van der Waals surface area contributed by atoms with Gasteiger partial charge >= 0.3 is 16.8 Å². The maximum absolute atomic E-state index is 10.2. The monoisotopic (exact) mass is 701 g/mol. The molecule has 9 heteroatoms. The fourth-order valence-electron chi connectivity index (χ4n) is 5.15. The van der Waals surface area contributed by atoms with Crippen molar-refractivity contribution < 1.29 is 37.2 Å². The Morgan fingerprint density at radius 1 is 0.449 bits per heavy atom. The van der Waals surface area contributed by atoms with Crippen LogP contribution in [-0.4, -0.2) is 20.4 Å². The number of rotatable bonds is 6. The molecule has 6 N–H and O–H groups in total. The van der Waals surface area contributed by atoms with Crippen LogP contribution in [0.1, 0.15) is 52.7 Å². The third kappa shape index (κ3) is 8.62. The van der Waals surface area contributed by atoms with Crippen LogP contribution in [0, 0.1) is 0 Å². The molecule has 1 radical (unpaired) electrons. The first-order valence-corrected chi connectivity index (χ1v) is 15.7. The Labute approximate surface area is 298 Å². The van der Waals surface area contributed by atoms with E-state index >= 15 is 0 Å². The number of hydrogen-bond donors (Lipinski definition) is 6. The van der Waals surface area contributed by atoms with E-state index in [1.54, 1.807) is 24.3 Å². The Kier molecular flexibility index (Phi) is 11.1. The van der Waals surface area contributed by atoms with E-state index in [0.29, 0.717) is 22.7 Å². The first-order chi connectivity index (χ1) is 22.7. The van der Waals surface area contributed by atoms with Crippen molar-refractivity contribution in [2.45, 2.75) is 52.4 Å². The van der Waals surface area contributed by atoms with Gasteiger partial charge in [0.1, 0.15) is 23.0 Å². The van der Waals surface area contributed by atoms with Gasteiger partial charge in [0.2, 0.25) is 0 Å². The smallest absolute Gasteiger partial charge is 0.594 e. The molecule has 0 unspecified atom stereocenters. The fourth-order valence-corrected chi connectivity index (χ4v) is 5.15. The first-order valence-electron chi connectivity index (χ1n) is 15.7. The summed E-state index contributed by atoms with van der Waals surface area (Å²) in [7, 11) is 0. The van der Waals surface area contributed by atoms with Crippen molar-refractivity contribution in [3.8, 4) is 23.0 Å². The number of phenols is 4. The zero-order chi connectivity index (χ0) is 34.6. The minimum Gasteiger partial charge on any atom is -0.594 e. The first kappa shape index (κ1) is 36.6. The van der Waals surface area contributed by atoms with Gasteiger partial charge in [0.15, 0.2) is 0 Å². The van der Waals surface area contributed by atoms with Crippen LogP contribution in [0.4, 0.5) is 22.7 Å². The number of nitrogens with one attached hydrogen (secondary N) is 2. The quantitative estimate of drug-likeness (QED) is 0.0756. The molecule has 0 aliphatic carbocycles. The second-order valence-electron chi connectivity index (χ2n) is 13.7. The number of nitrogens with zero attached hydrogens (tertiary/aromatic N) is 2. The van der Waals surface area contributed by atoms with Crippen LogP contribution in [0.25, 0.3) is 32.4 Å². The van der Waals surface area contributed by atoms with E-state index in [4.69, 9.17) is 0 Å². The number of anilines is 2. The van der Waals surface area contributed by atoms with E-state index in [9.17, 15) is 20.4 Å². The van der Waals surface area contributed by atoms with Gasteiger partial charge in [-0.2, -0.15) is 0 Å². The SMILES string of the molecule is CC(C)(C)c1ccc(O)c([N-]Nc2c(O)ccc3ccccc23)c1.CC(C)(C)c1ccc(O)c([N-]Nc2c(O)ccc3ccccc23)c1.[Co+2]. The molecule has 0 amide bonds. The van der Waals surface area contributed by atoms with Crippen molar-refractivity contribution in [2.24, 2.45) is 0 Å². The number of aromatic hydroxyl groups is 4. The van der Waals surface area contributed by atoms with Gasteiger partial charge in [-0.3, -0.25) is 0 Å². The zero-order valence-electron chi connectivity index (χ0n) is 28.4. The Bertz CT molecular complexity index is 1920. The molecule has 6 rings (SSSR count). The Morgan fingerprint density at radius 3 is 1.16 bits per heavy atom. The molecule has 6 aromatic carbocycles. The maximum Gasteiger partial charge on any atom is 2.00 e. The predicted molar refractivity (Wildman–Crippen MR) is 198 cm³/mol. The van der Waals surface area contributed by atoms with Crippen molar-refractivity contribution in [1.29, 1.82) is 0 Å². The van der Waals surface area contributed by atoms with Gasteiger partial charge in [0.05, 0.1) is 11.4 Å². The number of phenolic OH excluding ortho intramolecular Hbond substituents is 4. The summed E-state index contributed by atoms with van der Waals surface area (Å²) in [5.41, 5.74) is 18.4. The molecule has 8 nitrogen and oxygen atoms in total. The molecule has 0 bridgehead atoms. The van der Waals surface area contributed by atoms with E-state index in [1.165, 1.54) is 0 Å². The number of fused-ring (bicyclic) bond motifs is 2. The van der Waals surface area contributed by atoms with Gasteiger partial charge in [-0.1, -0.05) is 138 Å². The molecule has 0 spiro atoms. The van der Waals surface area contributed by atoms with Crippen molar-refractivity contribution in [3.05, 3.63) is 131 Å². The van der Waals surface area contributed by atoms with Crippen LogP contribution in [0.15, 0.2) is 109 Å². The van der Waals surface area contributed by atoms with Crippen LogP contribution in [0.3, 0.4) is 0 Å². The molecule has 49 heavy (non-hydrogen) atoms. The molecule has 0 atom stereocenters. The maximum atomic E-state index is 10.2. The van der Waals surface area contributed by atoms with Crippen molar-refractivity contribution >= 4 is 44.3 Å². The molecule has 0 fully saturated rings. The number of hydrogen-bond acceptors (Lipinski definition) is 6. The van der Waals surface area contributed by atoms with E-state index < -0.39 is 0 Å². The minimum absolute atomic E-state index is 0. The number of benzene rings is 6. The van der Waals surface area contributed by atoms with Crippen LogP contribution in [0.5, 0.6) is 23.0 Å². The Hall–Kier alpha value is -5.25. The van der Waals surface area contributed by atoms with Crippen molar-refractivity contribution in [3.63, 3.8) is 0 Å². The summed E-state index contributed by atoms with van der Waals surface area (Å²) in [6.07, 6.45) is 0. The summed E-state index contributed by atoms with van der Waals surface area (Å²) in [5.74, 6) is 0.415. The van der Waals surface area contributed by atoms with E-state index in [-0.39, 0.29) is 50.6 Å². The Morgan fingerprint density at radius 2 is 0.796 bits per heavy atom. The molecular formula is C40H42CoN4O4. The largest absolute Gasteiger partial charge is 2.00 e. The van der Waals surface area contributed by atoms with Crippen LogP contribution in [-0.2, 0) is 27.6 Å². The zero-order valence-corrected chi connectivity index (χ0v) is 29.4. The molecule has 0 saturated carbocycles. The second-order valence-corrected chi connectivity index (χ2v) is 13.7. The molecule has 0 aliphatic heterocycles. The summed E-state index contributed by atoms with van der Waals surface area (Å²) in [6.45, 7) is 12.6. The summed E-state index contributed by atoms with van der Waals surface area (Å²) in [4.78, 5) is 0. The predicted octanol–water partition coefficient (Wildman–Crippen LogP) is 11.2. The van der Waals surface area contributed by atoms with Gasteiger partial charge < -0.3 is 42.1 Å². The van der Waals surface area contributed by atoms with Gasteiger partial charge in [-0.05, 0) is 57.0 Å². The van der Waals surface area contributed by atoms with E-state index in [1.807, 2.05) is 84.9 Å². The topological polar surface area (TPSA) is 133 Å². The van der Waals surface area contributed by atoms with Crippen molar-refractivity contribution in [1.82, 2.24) is 0 Å². The molecule has 0 aromatic heterocycles. The van der Waals surface area contributed by atoms with Crippen molar-refractivity contribution in [2.75, 3.05) is 10.9 Å². The fraction of sp³-hybridized carbons (Fsp3) is 0.200. The molecule has 0 aliphatic rings. The van der Waals surface area contributed by atoms with Crippen LogP contribution < -0.4 is 10.9 Å². The summed E-state index contributed by atoms with van der Waals surface area (Å²) in [6, 6.07) is 33.2. The van der Waals surface area contributed by atoms with Crippen LogP contribution in [0.2, 0.25) is 0 Å². The molecule has 0 heterocycles.